The molecule has 0 N–H and O–H groups in total. The Bertz CT molecular complexity index is 904. The molecule has 3 aliphatic rings. The lowest BCUT2D eigenvalue weighted by Gasteiger charge is -2.37. The quantitative estimate of drug-likeness (QED) is 0.586. The fourth-order valence-corrected chi connectivity index (χ4v) is 3.92. The lowest BCUT2D eigenvalue weighted by molar-refractivity contribution is 0.364. The minimum Gasteiger partial charge on any atom is -0.465 e. The van der Waals surface area contributed by atoms with Gasteiger partial charge in [-0.25, -0.2) is 10.1 Å². The van der Waals surface area contributed by atoms with E-state index in [1.54, 1.807) is 12.2 Å². The highest BCUT2D eigenvalue weighted by atomic mass is 16.5. The second kappa shape index (κ2) is 6.94. The molecule has 0 spiro atoms. The Labute approximate surface area is 153 Å². The number of nitriles is 1. The molecule has 0 saturated heterocycles. The van der Waals surface area contributed by atoms with Gasteiger partial charge in [0.2, 0.25) is 0 Å². The Kier molecular flexibility index (Phi) is 4.33. The van der Waals surface area contributed by atoms with Gasteiger partial charge in [-0.3, -0.25) is 0 Å². The summed E-state index contributed by atoms with van der Waals surface area (Å²) in [5.41, 5.74) is 6.21. The third-order valence-corrected chi connectivity index (χ3v) is 5.04. The van der Waals surface area contributed by atoms with Crippen molar-refractivity contribution in [2.24, 2.45) is 0 Å². The number of nitrogens with zero attached hydrogens (tertiary/aromatic N) is 3. The second-order valence-corrected chi connectivity index (χ2v) is 6.71. The van der Waals surface area contributed by atoms with Crippen LogP contribution in [0.1, 0.15) is 29.5 Å². The summed E-state index contributed by atoms with van der Waals surface area (Å²) in [5, 5.41) is 9.02. The first-order valence-electron chi connectivity index (χ1n) is 8.94. The molecule has 1 aromatic rings. The normalized spacial score (nSPS) is 19.9. The molecule has 4 rings (SSSR count). The third kappa shape index (κ3) is 3.03. The number of allylic oxidation sites excluding steroid dienone is 5. The van der Waals surface area contributed by atoms with Gasteiger partial charge in [0.1, 0.15) is 5.76 Å². The standard InChI is InChI=1S/C22H19N3O/c1-24-21(15-23)17-8-11-26-20(14-17)7-6-16-12-18-4-2-9-25-10-3-5-19(13-16)22(18)25/h6-8,11-14H,2-5,9-10H2/b7-6+,21-17+. The highest BCUT2D eigenvalue weighted by molar-refractivity contribution is 5.68. The van der Waals surface area contributed by atoms with Crippen molar-refractivity contribution >= 4 is 11.8 Å². The molecular weight excluding hydrogens is 322 g/mol. The van der Waals surface area contributed by atoms with Crippen LogP contribution in [0.4, 0.5) is 5.69 Å². The lowest BCUT2D eigenvalue weighted by atomic mass is 9.90. The largest absolute Gasteiger partial charge is 0.465 e. The Hall–Kier alpha value is -3.24. The number of ether oxygens (including phenoxy) is 1. The maximum absolute atomic E-state index is 9.02. The molecular formula is C22H19N3O. The number of benzene rings is 1. The van der Waals surface area contributed by atoms with Crippen LogP contribution < -0.4 is 4.90 Å². The van der Waals surface area contributed by atoms with Gasteiger partial charge in [0.15, 0.2) is 0 Å². The number of hydrogen-bond acceptors (Lipinski definition) is 3. The van der Waals surface area contributed by atoms with Crippen LogP contribution in [0.3, 0.4) is 0 Å². The summed E-state index contributed by atoms with van der Waals surface area (Å²) in [6.07, 6.45) is 13.6. The van der Waals surface area contributed by atoms with E-state index >= 15 is 0 Å². The minimum atomic E-state index is 0.0775. The van der Waals surface area contributed by atoms with Gasteiger partial charge in [-0.2, -0.15) is 0 Å². The van der Waals surface area contributed by atoms with Gasteiger partial charge in [0.05, 0.1) is 18.9 Å². The summed E-state index contributed by atoms with van der Waals surface area (Å²) in [5.74, 6) is 0.631. The number of anilines is 1. The molecule has 1 aromatic carbocycles. The maximum atomic E-state index is 9.02. The van der Waals surface area contributed by atoms with Crippen molar-refractivity contribution in [2.75, 3.05) is 18.0 Å². The number of rotatable bonds is 2. The highest BCUT2D eigenvalue weighted by Gasteiger charge is 2.23. The van der Waals surface area contributed by atoms with Gasteiger partial charge < -0.3 is 9.64 Å². The molecule has 3 heterocycles. The van der Waals surface area contributed by atoms with Crippen molar-refractivity contribution in [1.82, 2.24) is 0 Å². The Balaban J connectivity index is 1.63. The van der Waals surface area contributed by atoms with E-state index in [1.807, 2.05) is 12.1 Å². The Morgan fingerprint density at radius 1 is 1.19 bits per heavy atom. The van der Waals surface area contributed by atoms with Crippen LogP contribution in [0, 0.1) is 17.9 Å². The van der Waals surface area contributed by atoms with E-state index in [9.17, 15) is 0 Å². The van der Waals surface area contributed by atoms with Crippen LogP contribution in [0.15, 0.2) is 53.7 Å². The van der Waals surface area contributed by atoms with Crippen LogP contribution >= 0.6 is 0 Å². The number of aryl methyl sites for hydroxylation is 2. The molecule has 0 saturated carbocycles. The van der Waals surface area contributed by atoms with E-state index in [2.05, 4.69) is 28.0 Å². The first-order chi connectivity index (χ1) is 12.8. The van der Waals surface area contributed by atoms with Gasteiger partial charge in [-0.15, -0.1) is 0 Å². The summed E-state index contributed by atoms with van der Waals surface area (Å²) >= 11 is 0. The smallest absolute Gasteiger partial charge is 0.269 e. The van der Waals surface area contributed by atoms with Crippen LogP contribution in [0.25, 0.3) is 10.9 Å². The monoisotopic (exact) mass is 341 g/mol. The van der Waals surface area contributed by atoms with Crippen molar-refractivity contribution in [3.63, 3.8) is 0 Å². The zero-order valence-corrected chi connectivity index (χ0v) is 14.5. The molecule has 0 bridgehead atoms. The molecule has 0 fully saturated rings. The average Bonchev–Trinajstić information content (AvgIpc) is 2.68. The third-order valence-electron chi connectivity index (χ3n) is 5.04. The summed E-state index contributed by atoms with van der Waals surface area (Å²) in [6, 6.07) is 6.48. The maximum Gasteiger partial charge on any atom is 0.269 e. The lowest BCUT2D eigenvalue weighted by Crippen LogP contribution is -2.34. The van der Waals surface area contributed by atoms with Gasteiger partial charge in [-0.05, 0) is 78.3 Å². The van der Waals surface area contributed by atoms with E-state index in [0.29, 0.717) is 11.3 Å². The molecule has 4 heteroatoms. The van der Waals surface area contributed by atoms with E-state index in [0.717, 1.165) is 12.8 Å². The van der Waals surface area contributed by atoms with Crippen molar-refractivity contribution in [1.29, 1.82) is 5.26 Å². The molecule has 128 valence electrons. The summed E-state index contributed by atoms with van der Waals surface area (Å²) in [4.78, 5) is 5.79. The summed E-state index contributed by atoms with van der Waals surface area (Å²) in [7, 11) is 0. The van der Waals surface area contributed by atoms with Crippen LogP contribution in [0.5, 0.6) is 0 Å². The molecule has 0 aliphatic carbocycles. The summed E-state index contributed by atoms with van der Waals surface area (Å²) < 4.78 is 5.51. The molecule has 0 aromatic heterocycles. The molecule has 26 heavy (non-hydrogen) atoms. The van der Waals surface area contributed by atoms with E-state index in [4.69, 9.17) is 16.6 Å². The Morgan fingerprint density at radius 2 is 1.92 bits per heavy atom. The van der Waals surface area contributed by atoms with Gasteiger partial charge in [-0.1, -0.05) is 6.08 Å². The molecule has 3 aliphatic heterocycles. The number of hydrogen-bond donors (Lipinski definition) is 0. The zero-order valence-electron chi connectivity index (χ0n) is 14.5. The van der Waals surface area contributed by atoms with Crippen LogP contribution in [-0.4, -0.2) is 13.1 Å². The Morgan fingerprint density at radius 3 is 2.58 bits per heavy atom. The predicted octanol–water partition coefficient (Wildman–Crippen LogP) is 4.52. The van der Waals surface area contributed by atoms with Crippen molar-refractivity contribution < 1.29 is 4.74 Å². The molecule has 0 atom stereocenters. The van der Waals surface area contributed by atoms with Crippen molar-refractivity contribution in [2.45, 2.75) is 25.7 Å². The SMILES string of the molecule is [C-]#[N+]/C(C#N)=C1\C=COC(/C=C/c2cc3c4c(c2)CCCN4CCC3)=C1. The molecule has 0 radical (unpaired) electrons. The molecule has 0 unspecified atom stereocenters. The summed E-state index contributed by atoms with van der Waals surface area (Å²) in [6.45, 7) is 9.43. The fraction of sp³-hybridized carbons (Fsp3) is 0.273. The van der Waals surface area contributed by atoms with E-state index in [1.165, 1.54) is 54.6 Å². The second-order valence-electron chi connectivity index (χ2n) is 6.71. The van der Waals surface area contributed by atoms with Gasteiger partial charge in [0, 0.05) is 18.8 Å². The first kappa shape index (κ1) is 16.2. The fourth-order valence-electron chi connectivity index (χ4n) is 3.92. The average molecular weight is 341 g/mol. The van der Waals surface area contributed by atoms with E-state index in [-0.39, 0.29) is 5.70 Å². The van der Waals surface area contributed by atoms with Gasteiger partial charge >= 0.3 is 0 Å². The van der Waals surface area contributed by atoms with Crippen molar-refractivity contribution in [3.8, 4) is 6.07 Å². The molecule has 0 amide bonds. The van der Waals surface area contributed by atoms with Crippen LogP contribution in [0.2, 0.25) is 0 Å². The zero-order chi connectivity index (χ0) is 17.9. The first-order valence-corrected chi connectivity index (χ1v) is 8.94. The minimum absolute atomic E-state index is 0.0775. The van der Waals surface area contributed by atoms with Gasteiger partial charge in [0.25, 0.3) is 5.70 Å². The van der Waals surface area contributed by atoms with E-state index < -0.39 is 0 Å². The van der Waals surface area contributed by atoms with Crippen LogP contribution in [-0.2, 0) is 17.6 Å². The predicted molar refractivity (Wildman–Crippen MR) is 102 cm³/mol. The topological polar surface area (TPSA) is 40.6 Å². The highest BCUT2D eigenvalue weighted by Crippen LogP contribution is 2.36. The molecule has 4 nitrogen and oxygen atoms in total. The van der Waals surface area contributed by atoms with Crippen molar-refractivity contribution in [3.05, 3.63) is 81.8 Å².